The molecule has 2 aromatic rings. The predicted molar refractivity (Wildman–Crippen MR) is 92.0 cm³/mol. The highest BCUT2D eigenvalue weighted by atomic mass is 32.2. The molecule has 3 rings (SSSR count). The van der Waals surface area contributed by atoms with Crippen LogP contribution in [-0.2, 0) is 21.4 Å². The Bertz CT molecular complexity index is 962. The van der Waals surface area contributed by atoms with Gasteiger partial charge >= 0.3 is 0 Å². The Hall–Kier alpha value is -2.46. The lowest BCUT2D eigenvalue weighted by Crippen LogP contribution is -2.27. The van der Waals surface area contributed by atoms with Crippen LogP contribution in [-0.4, -0.2) is 30.2 Å². The molecular formula is C16H12F2N2O4S2. The quantitative estimate of drug-likeness (QED) is 0.837. The van der Waals surface area contributed by atoms with Crippen LogP contribution in [0, 0.1) is 11.6 Å². The smallest absolute Gasteiger partial charge is 0.280 e. The van der Waals surface area contributed by atoms with Gasteiger partial charge in [-0.3, -0.25) is 19.2 Å². The summed E-state index contributed by atoms with van der Waals surface area (Å²) < 4.78 is 53.2. The first-order chi connectivity index (χ1) is 12.3. The largest absolute Gasteiger partial charge is 0.289 e. The van der Waals surface area contributed by atoms with Crippen LogP contribution >= 0.6 is 11.8 Å². The summed E-state index contributed by atoms with van der Waals surface area (Å²) in [6.07, 6.45) is 0. The van der Waals surface area contributed by atoms with Crippen molar-refractivity contribution in [1.82, 2.24) is 4.90 Å². The van der Waals surface area contributed by atoms with Crippen molar-refractivity contribution >= 4 is 38.6 Å². The fraction of sp³-hybridized carbons (Fsp3) is 0.125. The van der Waals surface area contributed by atoms with Gasteiger partial charge in [0.25, 0.3) is 15.3 Å². The lowest BCUT2D eigenvalue weighted by Gasteiger charge is -2.13. The van der Waals surface area contributed by atoms with Gasteiger partial charge in [0, 0.05) is 11.8 Å². The maximum absolute atomic E-state index is 13.7. The Labute approximate surface area is 152 Å². The van der Waals surface area contributed by atoms with Crippen LogP contribution < -0.4 is 4.72 Å². The number of sulfonamides is 1. The maximum Gasteiger partial charge on any atom is 0.289 e. The highest BCUT2D eigenvalue weighted by Crippen LogP contribution is 2.23. The van der Waals surface area contributed by atoms with Crippen molar-refractivity contribution in [3.05, 3.63) is 59.7 Å². The molecule has 0 atom stereocenters. The molecule has 1 fully saturated rings. The number of hydrogen-bond donors (Lipinski definition) is 1. The van der Waals surface area contributed by atoms with Crippen molar-refractivity contribution in [3.63, 3.8) is 0 Å². The lowest BCUT2D eigenvalue weighted by atomic mass is 10.2. The van der Waals surface area contributed by atoms with Gasteiger partial charge in [0.2, 0.25) is 5.91 Å². The van der Waals surface area contributed by atoms with Crippen molar-refractivity contribution in [2.45, 2.75) is 11.4 Å². The zero-order valence-corrected chi connectivity index (χ0v) is 14.7. The predicted octanol–water partition coefficient (Wildman–Crippen LogP) is 2.96. The number of halogens is 2. The van der Waals surface area contributed by atoms with Gasteiger partial charge in [-0.1, -0.05) is 23.9 Å². The highest BCUT2D eigenvalue weighted by molar-refractivity contribution is 8.14. The number of carbonyl (C=O) groups excluding carboxylic acids is 2. The molecule has 6 nitrogen and oxygen atoms in total. The van der Waals surface area contributed by atoms with Crippen LogP contribution in [0.3, 0.4) is 0 Å². The van der Waals surface area contributed by atoms with Crippen LogP contribution in [0.25, 0.3) is 0 Å². The van der Waals surface area contributed by atoms with E-state index in [0.717, 1.165) is 28.8 Å². The molecule has 0 unspecified atom stereocenters. The average molecular weight is 398 g/mol. The fourth-order valence-corrected chi connectivity index (χ4v) is 4.14. The first kappa shape index (κ1) is 18.3. The number of nitrogens with one attached hydrogen (secondary N) is 1. The van der Waals surface area contributed by atoms with Crippen LogP contribution in [0.15, 0.2) is 47.4 Å². The molecule has 136 valence electrons. The monoisotopic (exact) mass is 398 g/mol. The lowest BCUT2D eigenvalue weighted by molar-refractivity contribution is -0.125. The molecule has 1 heterocycles. The number of imide groups is 1. The summed E-state index contributed by atoms with van der Waals surface area (Å²) in [7, 11) is -4.23. The summed E-state index contributed by atoms with van der Waals surface area (Å²) in [5.41, 5.74) is 0.788. The zero-order valence-electron chi connectivity index (χ0n) is 13.1. The molecule has 0 aromatic heterocycles. The standard InChI is InChI=1S/C16H12F2N2O4S2/c17-11-3-6-14(13(18)7-11)26(23,24)19-12-4-1-10(2-5-12)8-20-15(21)9-25-16(20)22/h1-7,19H,8-9H2. The van der Waals surface area contributed by atoms with Gasteiger partial charge in [0.15, 0.2) is 0 Å². The third-order valence-electron chi connectivity index (χ3n) is 3.57. The van der Waals surface area contributed by atoms with Crippen LogP contribution in [0.2, 0.25) is 0 Å². The third-order valence-corrected chi connectivity index (χ3v) is 5.84. The molecule has 2 aromatic carbocycles. The third kappa shape index (κ3) is 3.86. The maximum atomic E-state index is 13.7. The van der Waals surface area contributed by atoms with E-state index < -0.39 is 26.6 Å². The molecule has 1 N–H and O–H groups in total. The Kier molecular flexibility index (Phi) is 4.97. The van der Waals surface area contributed by atoms with Gasteiger partial charge in [-0.15, -0.1) is 0 Å². The summed E-state index contributed by atoms with van der Waals surface area (Å²) in [6.45, 7) is 0.0876. The SMILES string of the molecule is O=C1CSC(=O)N1Cc1ccc(NS(=O)(=O)c2ccc(F)cc2F)cc1. The molecule has 1 saturated heterocycles. The molecular weight excluding hydrogens is 386 g/mol. The number of rotatable bonds is 5. The fourth-order valence-electron chi connectivity index (χ4n) is 2.30. The first-order valence-electron chi connectivity index (χ1n) is 7.30. The molecule has 0 radical (unpaired) electrons. The van der Waals surface area contributed by atoms with Gasteiger partial charge < -0.3 is 0 Å². The van der Waals surface area contributed by atoms with Crippen molar-refractivity contribution in [3.8, 4) is 0 Å². The Morgan fingerprint density at radius 2 is 1.77 bits per heavy atom. The van der Waals surface area contributed by atoms with E-state index in [1.54, 1.807) is 12.1 Å². The van der Waals surface area contributed by atoms with Crippen LogP contribution in [0.4, 0.5) is 19.3 Å². The molecule has 26 heavy (non-hydrogen) atoms. The normalized spacial score (nSPS) is 14.8. The van der Waals surface area contributed by atoms with Crippen LogP contribution in [0.1, 0.15) is 5.56 Å². The summed E-state index contributed by atoms with van der Waals surface area (Å²) in [5, 5.41) is -0.327. The summed E-state index contributed by atoms with van der Waals surface area (Å²) >= 11 is 0.927. The molecule has 0 spiro atoms. The number of amides is 2. The Balaban J connectivity index is 1.74. The molecule has 0 aliphatic carbocycles. The van der Waals surface area contributed by atoms with E-state index in [1.807, 2.05) is 0 Å². The number of thioether (sulfide) groups is 1. The molecule has 0 bridgehead atoms. The molecule has 2 amide bonds. The number of carbonyl (C=O) groups is 2. The minimum Gasteiger partial charge on any atom is -0.280 e. The Morgan fingerprint density at radius 3 is 2.35 bits per heavy atom. The van der Waals surface area contributed by atoms with Gasteiger partial charge in [0.05, 0.1) is 12.3 Å². The van der Waals surface area contributed by atoms with Gasteiger partial charge in [0.1, 0.15) is 16.5 Å². The van der Waals surface area contributed by atoms with E-state index in [2.05, 4.69) is 4.72 Å². The molecule has 1 aliphatic heterocycles. The van der Waals surface area contributed by atoms with E-state index in [-0.39, 0.29) is 29.1 Å². The second-order valence-electron chi connectivity index (χ2n) is 5.41. The van der Waals surface area contributed by atoms with Crippen molar-refractivity contribution < 1.29 is 26.8 Å². The van der Waals surface area contributed by atoms with E-state index >= 15 is 0 Å². The number of nitrogens with zero attached hydrogens (tertiary/aromatic N) is 1. The first-order valence-corrected chi connectivity index (χ1v) is 9.77. The Morgan fingerprint density at radius 1 is 1.08 bits per heavy atom. The van der Waals surface area contributed by atoms with Gasteiger partial charge in [-0.2, -0.15) is 0 Å². The second kappa shape index (κ2) is 7.04. The van der Waals surface area contributed by atoms with E-state index in [0.29, 0.717) is 11.6 Å². The zero-order chi connectivity index (χ0) is 18.9. The minimum atomic E-state index is -4.23. The van der Waals surface area contributed by atoms with E-state index in [9.17, 15) is 26.8 Å². The minimum absolute atomic E-state index is 0.0876. The number of hydrogen-bond acceptors (Lipinski definition) is 5. The second-order valence-corrected chi connectivity index (χ2v) is 7.99. The number of anilines is 1. The van der Waals surface area contributed by atoms with Crippen molar-refractivity contribution in [1.29, 1.82) is 0 Å². The van der Waals surface area contributed by atoms with E-state index in [1.165, 1.54) is 12.1 Å². The van der Waals surface area contributed by atoms with Gasteiger partial charge in [-0.05, 0) is 29.8 Å². The highest BCUT2D eigenvalue weighted by Gasteiger charge is 2.29. The average Bonchev–Trinajstić information content (AvgIpc) is 2.88. The summed E-state index contributed by atoms with van der Waals surface area (Å²) in [5.74, 6) is -2.25. The summed E-state index contributed by atoms with van der Waals surface area (Å²) in [4.78, 5) is 23.6. The van der Waals surface area contributed by atoms with Crippen LogP contribution in [0.5, 0.6) is 0 Å². The molecule has 10 heteroatoms. The van der Waals surface area contributed by atoms with Crippen molar-refractivity contribution in [2.24, 2.45) is 0 Å². The van der Waals surface area contributed by atoms with Gasteiger partial charge in [-0.25, -0.2) is 17.2 Å². The van der Waals surface area contributed by atoms with Crippen molar-refractivity contribution in [2.75, 3.05) is 10.5 Å². The molecule has 1 aliphatic rings. The van der Waals surface area contributed by atoms with E-state index in [4.69, 9.17) is 0 Å². The topological polar surface area (TPSA) is 83.6 Å². The number of benzene rings is 2. The summed E-state index contributed by atoms with van der Waals surface area (Å²) in [6, 6.07) is 8.11. The molecule has 0 saturated carbocycles.